The topological polar surface area (TPSA) is 66.2 Å². The molecule has 2 aliphatic rings. The maximum atomic E-state index is 13.8. The van der Waals surface area contributed by atoms with Crippen molar-refractivity contribution in [2.24, 2.45) is 7.05 Å². The Morgan fingerprint density at radius 3 is 2.70 bits per heavy atom. The molecule has 0 aliphatic heterocycles. The fourth-order valence-corrected chi connectivity index (χ4v) is 4.70. The maximum Gasteiger partial charge on any atom is 0.417 e. The highest BCUT2D eigenvalue weighted by atomic mass is 19.4. The lowest BCUT2D eigenvalue weighted by atomic mass is 9.96. The lowest BCUT2D eigenvalue weighted by Gasteiger charge is -2.13. The Morgan fingerprint density at radius 2 is 2.00 bits per heavy atom. The highest BCUT2D eigenvalue weighted by Gasteiger charge is 2.39. The van der Waals surface area contributed by atoms with Gasteiger partial charge in [-0.3, -0.25) is 9.48 Å². The number of methoxy groups -OCH3 is 1. The van der Waals surface area contributed by atoms with E-state index in [0.29, 0.717) is 5.69 Å². The summed E-state index contributed by atoms with van der Waals surface area (Å²) in [4.78, 5) is 16.9. The molecule has 6 nitrogen and oxygen atoms in total. The summed E-state index contributed by atoms with van der Waals surface area (Å²) in [5, 5.41) is 4.32. The van der Waals surface area contributed by atoms with Crippen LogP contribution in [0.15, 0.2) is 24.3 Å². The van der Waals surface area contributed by atoms with Gasteiger partial charge in [0.25, 0.3) is 0 Å². The molecule has 1 saturated carbocycles. The van der Waals surface area contributed by atoms with Gasteiger partial charge in [-0.25, -0.2) is 0 Å². The van der Waals surface area contributed by atoms with Crippen molar-refractivity contribution in [3.8, 4) is 11.6 Å². The Hall–Kier alpha value is -3.10. The second-order valence-electron chi connectivity index (χ2n) is 8.82. The number of benzene rings is 1. The Labute approximate surface area is 188 Å². The molecule has 0 radical (unpaired) electrons. The summed E-state index contributed by atoms with van der Waals surface area (Å²) < 4.78 is 53.6. The van der Waals surface area contributed by atoms with Gasteiger partial charge in [-0.2, -0.15) is 23.3 Å². The van der Waals surface area contributed by atoms with Gasteiger partial charge in [0, 0.05) is 25.5 Å². The molecular formula is C24H24F3N3O3. The third kappa shape index (κ3) is 4.16. The van der Waals surface area contributed by atoms with Crippen molar-refractivity contribution >= 4 is 16.8 Å². The van der Waals surface area contributed by atoms with E-state index >= 15 is 0 Å². The van der Waals surface area contributed by atoms with Crippen molar-refractivity contribution in [1.82, 2.24) is 14.8 Å². The largest absolute Gasteiger partial charge is 0.497 e. The molecule has 1 fully saturated rings. The van der Waals surface area contributed by atoms with Crippen LogP contribution < -0.4 is 9.47 Å². The van der Waals surface area contributed by atoms with Gasteiger partial charge in [0.15, 0.2) is 11.4 Å². The van der Waals surface area contributed by atoms with E-state index in [1.165, 1.54) is 4.68 Å². The van der Waals surface area contributed by atoms with Gasteiger partial charge >= 0.3 is 6.18 Å². The van der Waals surface area contributed by atoms with Crippen LogP contribution in [0.2, 0.25) is 0 Å². The van der Waals surface area contributed by atoms with Gasteiger partial charge in [-0.05, 0) is 54.9 Å². The molecule has 2 aliphatic carbocycles. The predicted molar refractivity (Wildman–Crippen MR) is 115 cm³/mol. The minimum atomic E-state index is -4.58. The van der Waals surface area contributed by atoms with E-state index < -0.39 is 11.7 Å². The van der Waals surface area contributed by atoms with Crippen LogP contribution >= 0.6 is 0 Å². The summed E-state index contributed by atoms with van der Waals surface area (Å²) in [5.74, 6) is 0.499. The molecule has 3 aromatic rings. The van der Waals surface area contributed by atoms with Crippen LogP contribution in [0.25, 0.3) is 11.0 Å². The zero-order chi connectivity index (χ0) is 23.3. The van der Waals surface area contributed by atoms with Crippen LogP contribution in [-0.2, 0) is 24.4 Å². The van der Waals surface area contributed by atoms with Gasteiger partial charge < -0.3 is 9.47 Å². The molecule has 0 bridgehead atoms. The molecule has 33 heavy (non-hydrogen) atoms. The Balaban J connectivity index is 1.33. The van der Waals surface area contributed by atoms with Crippen molar-refractivity contribution in [1.29, 1.82) is 0 Å². The van der Waals surface area contributed by atoms with Crippen LogP contribution in [-0.4, -0.2) is 34.3 Å². The fourth-order valence-electron chi connectivity index (χ4n) is 4.70. The number of Topliss-reactive ketones (excluding diaryl/α,β-unsaturated/α-hetero) is 1. The van der Waals surface area contributed by atoms with E-state index in [1.54, 1.807) is 14.2 Å². The van der Waals surface area contributed by atoms with E-state index in [1.807, 2.05) is 18.2 Å². The van der Waals surface area contributed by atoms with Gasteiger partial charge in [0.2, 0.25) is 5.88 Å². The van der Waals surface area contributed by atoms with Crippen LogP contribution in [0.5, 0.6) is 11.6 Å². The number of fused-ring (bicyclic) bond motifs is 2. The molecule has 0 spiro atoms. The maximum absolute atomic E-state index is 13.8. The number of hydrogen-bond acceptors (Lipinski definition) is 5. The van der Waals surface area contributed by atoms with Gasteiger partial charge in [-0.15, -0.1) is 0 Å². The second-order valence-corrected chi connectivity index (χ2v) is 8.82. The van der Waals surface area contributed by atoms with Crippen LogP contribution in [0, 0.1) is 0 Å². The van der Waals surface area contributed by atoms with Crippen molar-refractivity contribution in [2.45, 2.75) is 50.1 Å². The SMILES string of the molecule is COc1ccc2c(c1)CC[C@@H]2CC(=O)COc1cc(C(F)(F)F)c2c(C3CC3)nn(C)c2n1. The number of alkyl halides is 3. The number of rotatable bonds is 7. The first-order valence-corrected chi connectivity index (χ1v) is 11.0. The van der Waals surface area contributed by atoms with Crippen molar-refractivity contribution in [3.63, 3.8) is 0 Å². The van der Waals surface area contributed by atoms with Crippen LogP contribution in [0.3, 0.4) is 0 Å². The number of ketones is 1. The summed E-state index contributed by atoms with van der Waals surface area (Å²) in [7, 11) is 3.19. The molecule has 2 aromatic heterocycles. The molecule has 5 rings (SSSR count). The average Bonchev–Trinajstić information content (AvgIpc) is 3.48. The van der Waals surface area contributed by atoms with Crippen LogP contribution in [0.1, 0.15) is 59.9 Å². The zero-order valence-corrected chi connectivity index (χ0v) is 18.4. The fraction of sp³-hybridized carbons (Fsp3) is 0.458. The molecular weight excluding hydrogens is 435 g/mol. The monoisotopic (exact) mass is 459 g/mol. The number of ether oxygens (including phenoxy) is 2. The van der Waals surface area contributed by atoms with Crippen LogP contribution in [0.4, 0.5) is 13.2 Å². The molecule has 0 amide bonds. The molecule has 1 aromatic carbocycles. The van der Waals surface area contributed by atoms with Gasteiger partial charge in [0.1, 0.15) is 12.4 Å². The number of pyridine rings is 1. The van der Waals surface area contributed by atoms with Crippen molar-refractivity contribution < 1.29 is 27.4 Å². The number of hydrogen-bond donors (Lipinski definition) is 0. The highest BCUT2D eigenvalue weighted by Crippen LogP contribution is 2.46. The first-order valence-electron chi connectivity index (χ1n) is 11.0. The lowest BCUT2D eigenvalue weighted by Crippen LogP contribution is -2.15. The number of nitrogens with zero attached hydrogens (tertiary/aromatic N) is 3. The summed E-state index contributed by atoms with van der Waals surface area (Å²) in [6.07, 6.45) is -0.950. The molecule has 174 valence electrons. The minimum Gasteiger partial charge on any atom is -0.497 e. The zero-order valence-electron chi connectivity index (χ0n) is 18.4. The quantitative estimate of drug-likeness (QED) is 0.501. The first-order chi connectivity index (χ1) is 15.7. The molecule has 1 atom stereocenters. The second kappa shape index (κ2) is 8.04. The van der Waals surface area contributed by atoms with E-state index in [9.17, 15) is 18.0 Å². The smallest absolute Gasteiger partial charge is 0.417 e. The average molecular weight is 459 g/mol. The highest BCUT2D eigenvalue weighted by molar-refractivity contribution is 5.85. The first kappa shape index (κ1) is 21.7. The van der Waals surface area contributed by atoms with E-state index in [-0.39, 0.29) is 47.6 Å². The summed E-state index contributed by atoms with van der Waals surface area (Å²) in [5.41, 5.74) is 2.02. The third-order valence-corrected chi connectivity index (χ3v) is 6.47. The third-order valence-electron chi connectivity index (χ3n) is 6.47. The lowest BCUT2D eigenvalue weighted by molar-refractivity contribution is -0.136. The standard InChI is InChI=1S/C24H24F3N3O3/c1-30-23-21(22(29-30)13-3-4-13)19(24(25,26)27)11-20(28-23)33-12-16(31)9-14-5-6-15-10-17(32-2)7-8-18(14)15/h7-8,10-11,13-14H,3-6,9,12H2,1-2H3/t14-/m1/s1. The van der Waals surface area contributed by atoms with Gasteiger partial charge in [0.05, 0.1) is 23.8 Å². The Morgan fingerprint density at radius 1 is 1.21 bits per heavy atom. The van der Waals surface area contributed by atoms with E-state index in [4.69, 9.17) is 9.47 Å². The van der Waals surface area contributed by atoms with Gasteiger partial charge in [-0.1, -0.05) is 6.07 Å². The summed E-state index contributed by atoms with van der Waals surface area (Å²) >= 11 is 0. The summed E-state index contributed by atoms with van der Waals surface area (Å²) in [6, 6.07) is 6.73. The number of carbonyl (C=O) groups excluding carboxylic acids is 1. The molecule has 2 heterocycles. The van der Waals surface area contributed by atoms with E-state index in [2.05, 4.69) is 10.1 Å². The Kier molecular flexibility index (Phi) is 5.29. The number of carbonyl (C=O) groups is 1. The van der Waals surface area contributed by atoms with Crippen molar-refractivity contribution in [2.75, 3.05) is 13.7 Å². The summed E-state index contributed by atoms with van der Waals surface area (Å²) in [6.45, 7) is -0.328. The number of halogens is 3. The number of aryl methyl sites for hydroxylation is 2. The molecule has 9 heteroatoms. The normalized spacial score (nSPS) is 17.9. The molecule has 0 N–H and O–H groups in total. The minimum absolute atomic E-state index is 0.0316. The molecule has 0 saturated heterocycles. The van der Waals surface area contributed by atoms with Crippen molar-refractivity contribution in [3.05, 3.63) is 46.6 Å². The Bertz CT molecular complexity index is 1230. The predicted octanol–water partition coefficient (Wildman–Crippen LogP) is 4.94. The number of aromatic nitrogens is 3. The molecule has 0 unspecified atom stereocenters. The van der Waals surface area contributed by atoms with E-state index in [0.717, 1.165) is 48.6 Å².